The number of nitrogens with two attached hydrogens (primary N) is 1. The van der Waals surface area contributed by atoms with Crippen molar-refractivity contribution < 1.29 is 4.42 Å². The molecule has 0 amide bonds. The van der Waals surface area contributed by atoms with E-state index in [9.17, 15) is 4.79 Å². The van der Waals surface area contributed by atoms with Crippen LogP contribution >= 0.6 is 11.8 Å². The lowest BCUT2D eigenvalue weighted by molar-refractivity contribution is 0.489. The van der Waals surface area contributed by atoms with E-state index in [1.54, 1.807) is 35.2 Å². The summed E-state index contributed by atoms with van der Waals surface area (Å²) >= 11 is 1.11. The molecule has 2 N–H and O–H groups in total. The normalized spacial score (nSPS) is 11.1. The molecule has 0 aliphatic carbocycles. The molecule has 0 saturated heterocycles. The molecule has 0 aliphatic heterocycles. The van der Waals surface area contributed by atoms with Gasteiger partial charge in [-0.05, 0) is 30.8 Å². The van der Waals surface area contributed by atoms with Crippen LogP contribution in [0, 0.1) is 0 Å². The molecule has 20 heavy (non-hydrogen) atoms. The summed E-state index contributed by atoms with van der Waals surface area (Å²) in [6, 6.07) is 5.24. The Bertz CT molecular complexity index is 825. The number of aryl methyl sites for hydroxylation is 1. The van der Waals surface area contributed by atoms with E-state index in [2.05, 4.69) is 9.97 Å². The summed E-state index contributed by atoms with van der Waals surface area (Å²) < 4.78 is 7.14. The van der Waals surface area contributed by atoms with Gasteiger partial charge in [0, 0.05) is 30.7 Å². The standard InChI is InChI=1S/C13H12N4O2S/c1-2-17-6-5-15-11(12(17)18)20-13-16-9-4-3-8(14)7-10(9)19-13/h3-7H,2,14H2,1H3. The van der Waals surface area contributed by atoms with Crippen molar-refractivity contribution in [3.05, 3.63) is 40.9 Å². The maximum Gasteiger partial charge on any atom is 0.283 e. The fourth-order valence-corrected chi connectivity index (χ4v) is 2.55. The van der Waals surface area contributed by atoms with E-state index in [4.69, 9.17) is 10.2 Å². The van der Waals surface area contributed by atoms with E-state index in [0.717, 1.165) is 11.8 Å². The average molecular weight is 288 g/mol. The van der Waals surface area contributed by atoms with Crippen LogP contribution in [0.3, 0.4) is 0 Å². The lowest BCUT2D eigenvalue weighted by Crippen LogP contribution is -2.20. The molecule has 1 aromatic carbocycles. The molecule has 6 nitrogen and oxygen atoms in total. The first-order valence-corrected chi connectivity index (χ1v) is 6.88. The molecule has 0 saturated carbocycles. The van der Waals surface area contributed by atoms with Crippen molar-refractivity contribution >= 4 is 28.5 Å². The van der Waals surface area contributed by atoms with Gasteiger partial charge < -0.3 is 14.7 Å². The van der Waals surface area contributed by atoms with Crippen molar-refractivity contribution in [2.75, 3.05) is 5.73 Å². The summed E-state index contributed by atoms with van der Waals surface area (Å²) in [6.45, 7) is 2.50. The van der Waals surface area contributed by atoms with Gasteiger partial charge in [0.25, 0.3) is 10.8 Å². The van der Waals surface area contributed by atoms with E-state index in [0.29, 0.717) is 33.6 Å². The van der Waals surface area contributed by atoms with Gasteiger partial charge in [-0.25, -0.2) is 9.97 Å². The van der Waals surface area contributed by atoms with E-state index in [1.165, 1.54) is 0 Å². The summed E-state index contributed by atoms with van der Waals surface area (Å²) in [5, 5.41) is 0.720. The van der Waals surface area contributed by atoms with Gasteiger partial charge >= 0.3 is 0 Å². The number of nitrogens with zero attached hydrogens (tertiary/aromatic N) is 3. The highest BCUT2D eigenvalue weighted by Gasteiger charge is 2.12. The van der Waals surface area contributed by atoms with Crippen LogP contribution in [0.25, 0.3) is 11.1 Å². The fraction of sp³-hybridized carbons (Fsp3) is 0.154. The fourth-order valence-electron chi connectivity index (χ4n) is 1.79. The molecule has 0 bridgehead atoms. The molecular weight excluding hydrogens is 276 g/mol. The van der Waals surface area contributed by atoms with Gasteiger partial charge in [-0.3, -0.25) is 4.79 Å². The van der Waals surface area contributed by atoms with Gasteiger partial charge in [0.05, 0.1) is 0 Å². The molecule has 2 aromatic heterocycles. The van der Waals surface area contributed by atoms with Crippen LogP contribution in [0.15, 0.2) is 50.1 Å². The largest absolute Gasteiger partial charge is 0.431 e. The highest BCUT2D eigenvalue weighted by Crippen LogP contribution is 2.27. The molecule has 3 rings (SSSR count). The number of oxazole rings is 1. The minimum atomic E-state index is -0.151. The van der Waals surface area contributed by atoms with Crippen molar-refractivity contribution in [1.82, 2.24) is 14.5 Å². The topological polar surface area (TPSA) is 86.9 Å². The number of anilines is 1. The van der Waals surface area contributed by atoms with Gasteiger partial charge in [-0.2, -0.15) is 0 Å². The van der Waals surface area contributed by atoms with Crippen molar-refractivity contribution in [2.45, 2.75) is 23.7 Å². The number of fused-ring (bicyclic) bond motifs is 1. The molecule has 0 unspecified atom stereocenters. The van der Waals surface area contributed by atoms with Gasteiger partial charge in [-0.15, -0.1) is 0 Å². The Hall–Kier alpha value is -2.28. The zero-order chi connectivity index (χ0) is 14.1. The summed E-state index contributed by atoms with van der Waals surface area (Å²) in [7, 11) is 0. The number of aromatic nitrogens is 3. The van der Waals surface area contributed by atoms with Crippen molar-refractivity contribution in [1.29, 1.82) is 0 Å². The van der Waals surface area contributed by atoms with Crippen molar-refractivity contribution in [2.24, 2.45) is 0 Å². The monoisotopic (exact) mass is 288 g/mol. The Morgan fingerprint density at radius 2 is 2.30 bits per heavy atom. The molecule has 3 aromatic rings. The minimum Gasteiger partial charge on any atom is -0.431 e. The molecule has 102 valence electrons. The molecule has 0 radical (unpaired) electrons. The summed E-state index contributed by atoms with van der Waals surface area (Å²) in [4.78, 5) is 20.4. The maximum absolute atomic E-state index is 12.1. The third-order valence-corrected chi connectivity index (χ3v) is 3.62. The first kappa shape index (κ1) is 12.7. The number of hydrogen-bond donors (Lipinski definition) is 1. The molecule has 2 heterocycles. The molecular formula is C13H12N4O2S. The second kappa shape index (κ2) is 5.01. The third-order valence-electron chi connectivity index (χ3n) is 2.80. The molecule has 0 atom stereocenters. The Morgan fingerprint density at radius 1 is 1.45 bits per heavy atom. The Balaban J connectivity index is 1.99. The molecule has 0 aliphatic rings. The maximum atomic E-state index is 12.1. The Morgan fingerprint density at radius 3 is 3.10 bits per heavy atom. The quantitative estimate of drug-likeness (QED) is 0.743. The first-order valence-electron chi connectivity index (χ1n) is 6.06. The van der Waals surface area contributed by atoms with Crippen LogP contribution in [0.5, 0.6) is 0 Å². The van der Waals surface area contributed by atoms with Crippen molar-refractivity contribution in [3.63, 3.8) is 0 Å². The second-order valence-corrected chi connectivity index (χ2v) is 5.07. The second-order valence-electron chi connectivity index (χ2n) is 4.13. The lowest BCUT2D eigenvalue weighted by Gasteiger charge is -2.01. The lowest BCUT2D eigenvalue weighted by atomic mass is 10.3. The number of nitrogen functional groups attached to an aromatic ring is 1. The van der Waals surface area contributed by atoms with Crippen molar-refractivity contribution in [3.8, 4) is 0 Å². The van der Waals surface area contributed by atoms with Gasteiger partial charge in [-0.1, -0.05) is 0 Å². The molecule has 0 fully saturated rings. The smallest absolute Gasteiger partial charge is 0.283 e. The predicted molar refractivity (Wildman–Crippen MR) is 76.7 cm³/mol. The van der Waals surface area contributed by atoms with Crippen LogP contribution < -0.4 is 11.3 Å². The van der Waals surface area contributed by atoms with Crippen LogP contribution in [0.2, 0.25) is 0 Å². The Kier molecular flexibility index (Phi) is 3.19. The first-order chi connectivity index (χ1) is 9.67. The zero-order valence-electron chi connectivity index (χ0n) is 10.7. The van der Waals surface area contributed by atoms with Gasteiger partial charge in [0.1, 0.15) is 5.52 Å². The van der Waals surface area contributed by atoms with Crippen LogP contribution in [-0.2, 0) is 6.54 Å². The van der Waals surface area contributed by atoms with Crippen LogP contribution in [-0.4, -0.2) is 14.5 Å². The van der Waals surface area contributed by atoms with E-state index in [-0.39, 0.29) is 5.56 Å². The minimum absolute atomic E-state index is 0.151. The highest BCUT2D eigenvalue weighted by atomic mass is 32.2. The third kappa shape index (κ3) is 2.27. The summed E-state index contributed by atoms with van der Waals surface area (Å²) in [5.74, 6) is 0. The SMILES string of the molecule is CCn1ccnc(Sc2nc3ccc(N)cc3o2)c1=O. The molecule has 7 heteroatoms. The van der Waals surface area contributed by atoms with Gasteiger partial charge in [0.2, 0.25) is 0 Å². The summed E-state index contributed by atoms with van der Waals surface area (Å²) in [6.07, 6.45) is 3.24. The number of hydrogen-bond acceptors (Lipinski definition) is 6. The Labute approximate surface area is 118 Å². The highest BCUT2D eigenvalue weighted by molar-refractivity contribution is 7.99. The molecule has 0 spiro atoms. The summed E-state index contributed by atoms with van der Waals surface area (Å²) in [5.41, 5.74) is 7.44. The van der Waals surface area contributed by atoms with Gasteiger partial charge in [0.15, 0.2) is 10.6 Å². The zero-order valence-corrected chi connectivity index (χ0v) is 11.6. The number of benzene rings is 1. The van der Waals surface area contributed by atoms with E-state index >= 15 is 0 Å². The average Bonchev–Trinajstić information content (AvgIpc) is 2.82. The van der Waals surface area contributed by atoms with Crippen LogP contribution in [0.4, 0.5) is 5.69 Å². The van der Waals surface area contributed by atoms with E-state index < -0.39 is 0 Å². The van der Waals surface area contributed by atoms with E-state index in [1.807, 2.05) is 6.92 Å². The van der Waals surface area contributed by atoms with Crippen LogP contribution in [0.1, 0.15) is 6.92 Å². The number of rotatable bonds is 3. The predicted octanol–water partition coefficient (Wildman–Crippen LogP) is 2.14.